The summed E-state index contributed by atoms with van der Waals surface area (Å²) in [5.41, 5.74) is -0.597. The summed E-state index contributed by atoms with van der Waals surface area (Å²) in [6.07, 6.45) is -3.75. The molecule has 2 saturated heterocycles. The van der Waals surface area contributed by atoms with Crippen molar-refractivity contribution in [1.29, 1.82) is 5.26 Å². The molecule has 0 aliphatic carbocycles. The van der Waals surface area contributed by atoms with Gasteiger partial charge in [0.2, 0.25) is 5.91 Å². The molecular weight excluding hydrogens is 466 g/mol. The SMILES string of the molecule is C[C@@H]1CC[C@H](C(=O)N[C@@H](c2ccc(C(F)(F)F)cc2F)C2COC2)N1C(=O)c1cccc(C#N)c1. The molecule has 2 aliphatic rings. The van der Waals surface area contributed by atoms with E-state index >= 15 is 0 Å². The zero-order chi connectivity index (χ0) is 25.3. The maximum Gasteiger partial charge on any atom is 0.416 e. The molecule has 2 heterocycles. The van der Waals surface area contributed by atoms with Crippen molar-refractivity contribution in [2.45, 2.75) is 44.1 Å². The first-order valence-electron chi connectivity index (χ1n) is 11.2. The molecule has 0 bridgehead atoms. The maximum absolute atomic E-state index is 14.8. The lowest BCUT2D eigenvalue weighted by Crippen LogP contribution is -2.51. The second-order valence-electron chi connectivity index (χ2n) is 8.87. The van der Waals surface area contributed by atoms with Gasteiger partial charge in [0.05, 0.1) is 36.5 Å². The van der Waals surface area contributed by atoms with Crippen molar-refractivity contribution in [3.63, 3.8) is 0 Å². The van der Waals surface area contributed by atoms with E-state index in [2.05, 4.69) is 5.32 Å². The highest BCUT2D eigenvalue weighted by Gasteiger charge is 2.42. The maximum atomic E-state index is 14.8. The molecule has 2 aromatic rings. The molecule has 0 radical (unpaired) electrons. The Morgan fingerprint density at radius 2 is 1.91 bits per heavy atom. The van der Waals surface area contributed by atoms with E-state index < -0.39 is 41.5 Å². The number of benzene rings is 2. The molecule has 0 saturated carbocycles. The van der Waals surface area contributed by atoms with Gasteiger partial charge in [0, 0.05) is 23.1 Å². The van der Waals surface area contributed by atoms with Crippen LogP contribution in [0.4, 0.5) is 17.6 Å². The molecule has 3 atom stereocenters. The number of ether oxygens (including phenoxy) is 1. The number of amides is 2. The molecule has 35 heavy (non-hydrogen) atoms. The molecule has 4 rings (SSSR count). The highest BCUT2D eigenvalue weighted by molar-refractivity contribution is 5.98. The summed E-state index contributed by atoms with van der Waals surface area (Å²) in [7, 11) is 0. The van der Waals surface area contributed by atoms with Crippen molar-refractivity contribution >= 4 is 11.8 Å². The van der Waals surface area contributed by atoms with Crippen LogP contribution >= 0.6 is 0 Å². The van der Waals surface area contributed by atoms with Crippen LogP contribution in [0.5, 0.6) is 0 Å². The van der Waals surface area contributed by atoms with Gasteiger partial charge in [-0.2, -0.15) is 18.4 Å². The summed E-state index contributed by atoms with van der Waals surface area (Å²) in [6.45, 7) is 2.25. The van der Waals surface area contributed by atoms with Crippen LogP contribution < -0.4 is 5.32 Å². The van der Waals surface area contributed by atoms with Gasteiger partial charge in [-0.25, -0.2) is 4.39 Å². The Kier molecular flexibility index (Phi) is 6.81. The number of nitrogens with one attached hydrogen (secondary N) is 1. The number of carbonyl (C=O) groups excluding carboxylic acids is 2. The number of rotatable bonds is 5. The minimum Gasteiger partial charge on any atom is -0.381 e. The van der Waals surface area contributed by atoms with Gasteiger partial charge in [0.25, 0.3) is 5.91 Å². The summed E-state index contributed by atoms with van der Waals surface area (Å²) in [6, 6.07) is 8.39. The van der Waals surface area contributed by atoms with Crippen molar-refractivity contribution in [3.05, 3.63) is 70.5 Å². The first kappa shape index (κ1) is 24.7. The van der Waals surface area contributed by atoms with Crippen LogP contribution in [0, 0.1) is 23.1 Å². The monoisotopic (exact) mass is 489 g/mol. The molecule has 2 aliphatic heterocycles. The summed E-state index contributed by atoms with van der Waals surface area (Å²) < 4.78 is 58.9. The fraction of sp³-hybridized carbons (Fsp3) is 0.400. The van der Waals surface area contributed by atoms with Crippen LogP contribution in [0.1, 0.15) is 52.9 Å². The third-order valence-electron chi connectivity index (χ3n) is 6.54. The molecular formula is C25H23F4N3O3. The van der Waals surface area contributed by atoms with Gasteiger partial charge in [0.15, 0.2) is 0 Å². The van der Waals surface area contributed by atoms with Crippen molar-refractivity contribution in [1.82, 2.24) is 10.2 Å². The van der Waals surface area contributed by atoms with E-state index in [0.29, 0.717) is 24.5 Å². The number of alkyl halides is 3. The molecule has 2 aromatic carbocycles. The average molecular weight is 489 g/mol. The fourth-order valence-electron chi connectivity index (χ4n) is 4.56. The van der Waals surface area contributed by atoms with Gasteiger partial charge < -0.3 is 15.0 Å². The zero-order valence-electron chi connectivity index (χ0n) is 18.8. The molecule has 0 unspecified atom stereocenters. The fourth-order valence-corrected chi connectivity index (χ4v) is 4.56. The van der Waals surface area contributed by atoms with E-state index in [9.17, 15) is 27.2 Å². The van der Waals surface area contributed by atoms with E-state index in [4.69, 9.17) is 10.00 Å². The number of hydrogen-bond donors (Lipinski definition) is 1. The molecule has 6 nitrogen and oxygen atoms in total. The van der Waals surface area contributed by atoms with Gasteiger partial charge in [-0.05, 0) is 50.1 Å². The van der Waals surface area contributed by atoms with Gasteiger partial charge in [-0.3, -0.25) is 9.59 Å². The molecule has 10 heteroatoms. The van der Waals surface area contributed by atoms with E-state index in [1.807, 2.05) is 13.0 Å². The quantitative estimate of drug-likeness (QED) is 0.638. The van der Waals surface area contributed by atoms with Gasteiger partial charge in [-0.1, -0.05) is 12.1 Å². The second kappa shape index (κ2) is 9.66. The Labute approximate surface area is 199 Å². The highest BCUT2D eigenvalue weighted by atomic mass is 19.4. The minimum atomic E-state index is -4.69. The molecule has 0 spiro atoms. The van der Waals surface area contributed by atoms with E-state index in [-0.39, 0.29) is 36.3 Å². The lowest BCUT2D eigenvalue weighted by Gasteiger charge is -2.36. The normalized spacial score (nSPS) is 21.2. The second-order valence-corrected chi connectivity index (χ2v) is 8.87. The van der Waals surface area contributed by atoms with E-state index in [0.717, 1.165) is 12.1 Å². The highest BCUT2D eigenvalue weighted by Crippen LogP contribution is 2.35. The van der Waals surface area contributed by atoms with Gasteiger partial charge >= 0.3 is 6.18 Å². The summed E-state index contributed by atoms with van der Waals surface area (Å²) in [5.74, 6) is -2.31. The van der Waals surface area contributed by atoms with Crippen LogP contribution in [0.25, 0.3) is 0 Å². The number of nitriles is 1. The van der Waals surface area contributed by atoms with Crippen LogP contribution in [0.3, 0.4) is 0 Å². The summed E-state index contributed by atoms with van der Waals surface area (Å²) in [4.78, 5) is 28.0. The predicted molar refractivity (Wildman–Crippen MR) is 116 cm³/mol. The average Bonchev–Trinajstić information content (AvgIpc) is 3.17. The first-order valence-corrected chi connectivity index (χ1v) is 11.2. The Balaban J connectivity index is 1.58. The molecule has 2 amide bonds. The number of halogens is 4. The minimum absolute atomic E-state index is 0.0645. The van der Waals surface area contributed by atoms with E-state index in [1.165, 1.54) is 11.0 Å². The van der Waals surface area contributed by atoms with Crippen molar-refractivity contribution in [3.8, 4) is 6.07 Å². The largest absolute Gasteiger partial charge is 0.416 e. The van der Waals surface area contributed by atoms with Crippen molar-refractivity contribution < 1.29 is 31.9 Å². The molecule has 2 fully saturated rings. The Morgan fingerprint density at radius 1 is 1.17 bits per heavy atom. The zero-order valence-corrected chi connectivity index (χ0v) is 18.8. The van der Waals surface area contributed by atoms with Crippen LogP contribution in [0.2, 0.25) is 0 Å². The summed E-state index contributed by atoms with van der Waals surface area (Å²) >= 11 is 0. The van der Waals surface area contributed by atoms with Crippen LogP contribution in [-0.2, 0) is 15.7 Å². The van der Waals surface area contributed by atoms with Crippen molar-refractivity contribution in [2.75, 3.05) is 13.2 Å². The Bertz CT molecular complexity index is 1170. The third-order valence-corrected chi connectivity index (χ3v) is 6.54. The standard InChI is InChI=1S/C25H23F4N3O3/c1-14-5-8-21(32(14)24(34)16-4-2-3-15(9-16)11-30)23(33)31-22(17-12-35-13-17)19-7-6-18(10-20(19)26)25(27,28)29/h2-4,6-7,9-10,14,17,21-22H,5,8,12-13H2,1H3,(H,31,33)/t14-,21-,22-/m1/s1. The van der Waals surface area contributed by atoms with Crippen molar-refractivity contribution in [2.24, 2.45) is 5.92 Å². The molecule has 0 aromatic heterocycles. The summed E-state index contributed by atoms with van der Waals surface area (Å²) in [5, 5.41) is 11.9. The smallest absolute Gasteiger partial charge is 0.381 e. The Morgan fingerprint density at radius 3 is 2.51 bits per heavy atom. The van der Waals surface area contributed by atoms with Crippen LogP contribution in [-0.4, -0.2) is 42.0 Å². The number of carbonyl (C=O) groups is 2. The predicted octanol–water partition coefficient (Wildman–Crippen LogP) is 4.21. The van der Waals surface area contributed by atoms with Gasteiger partial charge in [-0.15, -0.1) is 0 Å². The topological polar surface area (TPSA) is 82.4 Å². The third kappa shape index (κ3) is 5.00. The lowest BCUT2D eigenvalue weighted by molar-refractivity contribution is -0.138. The Hall–Kier alpha value is -3.45. The molecule has 184 valence electrons. The molecule has 1 N–H and O–H groups in total. The van der Waals surface area contributed by atoms with Gasteiger partial charge in [0.1, 0.15) is 11.9 Å². The first-order chi connectivity index (χ1) is 16.6. The number of nitrogens with zero attached hydrogens (tertiary/aromatic N) is 2. The van der Waals surface area contributed by atoms with E-state index in [1.54, 1.807) is 18.2 Å². The lowest BCUT2D eigenvalue weighted by atomic mass is 9.90. The number of likely N-dealkylation sites (tertiary alicyclic amines) is 1. The number of hydrogen-bond acceptors (Lipinski definition) is 4. The van der Waals surface area contributed by atoms with Crippen LogP contribution in [0.15, 0.2) is 42.5 Å².